The first kappa shape index (κ1) is 20.1. The molecule has 26 heavy (non-hydrogen) atoms. The molecule has 0 bridgehead atoms. The van der Waals surface area contributed by atoms with Gasteiger partial charge in [-0.3, -0.25) is 4.79 Å². The van der Waals surface area contributed by atoms with Crippen molar-refractivity contribution < 1.29 is 14.6 Å². The van der Waals surface area contributed by atoms with E-state index in [1.54, 1.807) is 12.3 Å². The predicted octanol–water partition coefficient (Wildman–Crippen LogP) is 5.08. The average molecular weight is 374 g/mol. The Kier molecular flexibility index (Phi) is 7.82. The molecule has 0 saturated carbocycles. The molecule has 1 heterocycles. The normalized spacial score (nSPS) is 12.3. The van der Waals surface area contributed by atoms with Crippen molar-refractivity contribution >= 4 is 23.5 Å². The monoisotopic (exact) mass is 373 g/mol. The Bertz CT molecular complexity index is 756. The van der Waals surface area contributed by atoms with Crippen LogP contribution in [0.3, 0.4) is 0 Å². The Morgan fingerprint density at radius 2 is 2.15 bits per heavy atom. The Labute approximate surface area is 159 Å². The minimum absolute atomic E-state index is 0.0611. The second-order valence-electron chi connectivity index (χ2n) is 6.28. The molecule has 4 nitrogen and oxygen atoms in total. The molecule has 0 aliphatic rings. The zero-order valence-corrected chi connectivity index (χ0v) is 15.9. The molecule has 2 rings (SSSR count). The maximum absolute atomic E-state index is 11.2. The van der Waals surface area contributed by atoms with Gasteiger partial charge >= 0.3 is 0 Å². The molecule has 1 aromatic heterocycles. The van der Waals surface area contributed by atoms with Gasteiger partial charge in [-0.15, -0.1) is 0 Å². The van der Waals surface area contributed by atoms with E-state index in [-0.39, 0.29) is 11.7 Å². The summed E-state index contributed by atoms with van der Waals surface area (Å²) in [5.41, 5.74) is 2.09. The van der Waals surface area contributed by atoms with E-state index in [9.17, 15) is 4.79 Å². The smallest absolute Gasteiger partial charge is 0.219 e. The first-order valence-corrected chi connectivity index (χ1v) is 9.12. The first-order valence-electron chi connectivity index (χ1n) is 8.75. The number of carbonyl (C=O) groups is 1. The van der Waals surface area contributed by atoms with Crippen molar-refractivity contribution in [2.75, 3.05) is 6.61 Å². The lowest BCUT2D eigenvalue weighted by Crippen LogP contribution is -2.07. The molecule has 0 saturated heterocycles. The minimum Gasteiger partial charge on any atom is -0.437 e. The van der Waals surface area contributed by atoms with E-state index in [0.717, 1.165) is 18.4 Å². The number of nitrogens with zero attached hydrogens (tertiary/aromatic N) is 1. The van der Waals surface area contributed by atoms with E-state index in [0.29, 0.717) is 23.1 Å². The number of benzene rings is 1. The number of Topliss-reactive ketones (excluding diaryl/α,β-unsaturated/α-hetero) is 1. The summed E-state index contributed by atoms with van der Waals surface area (Å²) >= 11 is 6.28. The van der Waals surface area contributed by atoms with Crippen LogP contribution in [0.2, 0.25) is 5.02 Å². The van der Waals surface area contributed by atoms with Crippen LogP contribution in [0.25, 0.3) is 6.08 Å². The van der Waals surface area contributed by atoms with Crippen molar-refractivity contribution in [3.63, 3.8) is 0 Å². The number of aromatic nitrogens is 1. The van der Waals surface area contributed by atoms with Crippen LogP contribution < -0.4 is 4.74 Å². The van der Waals surface area contributed by atoms with Gasteiger partial charge in [0.2, 0.25) is 5.88 Å². The Hall–Kier alpha value is -2.17. The van der Waals surface area contributed by atoms with Crippen LogP contribution >= 0.6 is 11.6 Å². The average Bonchev–Trinajstić information content (AvgIpc) is 2.63. The third-order valence-electron chi connectivity index (χ3n) is 3.85. The third-order valence-corrected chi connectivity index (χ3v) is 4.15. The molecule has 1 atom stereocenters. The molecule has 0 unspecified atom stereocenters. The summed E-state index contributed by atoms with van der Waals surface area (Å²) in [5, 5.41) is 9.35. The Morgan fingerprint density at radius 1 is 1.35 bits per heavy atom. The zero-order chi connectivity index (χ0) is 18.9. The molecular formula is C21H24ClNO3. The maximum atomic E-state index is 11.2. The topological polar surface area (TPSA) is 59.4 Å². The molecule has 5 heteroatoms. The highest BCUT2D eigenvalue weighted by atomic mass is 35.5. The maximum Gasteiger partial charge on any atom is 0.219 e. The number of aryl methyl sites for hydroxylation is 1. The summed E-state index contributed by atoms with van der Waals surface area (Å²) < 4.78 is 5.75. The van der Waals surface area contributed by atoms with Crippen LogP contribution in [-0.2, 0) is 11.2 Å². The van der Waals surface area contributed by atoms with Crippen LogP contribution in [0.1, 0.15) is 37.8 Å². The van der Waals surface area contributed by atoms with Gasteiger partial charge in [0.15, 0.2) is 5.78 Å². The fourth-order valence-corrected chi connectivity index (χ4v) is 2.74. The molecule has 0 radical (unpaired) electrons. The lowest BCUT2D eigenvalue weighted by atomic mass is 10.0. The lowest BCUT2D eigenvalue weighted by molar-refractivity contribution is -0.122. The standard InChI is InChI=1S/C21H24ClNO3/c1-3-4-16-7-9-20(19(22)12-16)26-21-10-8-17(13-23-21)6-5-15(2)11-18(25)14-24/h5-10,12-13,15,24H,3-4,11,14H2,1-2H3/b6-5+/t15-/m0/s1. The number of ketones is 1. The van der Waals surface area contributed by atoms with Crippen LogP contribution in [0, 0.1) is 5.92 Å². The number of pyridine rings is 1. The summed E-state index contributed by atoms with van der Waals surface area (Å²) in [5.74, 6) is 0.950. The van der Waals surface area contributed by atoms with E-state index in [1.165, 1.54) is 5.56 Å². The van der Waals surface area contributed by atoms with Gasteiger partial charge in [0.1, 0.15) is 12.4 Å². The summed E-state index contributed by atoms with van der Waals surface area (Å²) in [7, 11) is 0. The van der Waals surface area contributed by atoms with Crippen LogP contribution in [0.4, 0.5) is 0 Å². The minimum atomic E-state index is -0.409. The molecule has 2 aromatic rings. The van der Waals surface area contributed by atoms with Gasteiger partial charge in [0.25, 0.3) is 0 Å². The molecule has 1 N–H and O–H groups in total. The number of aliphatic hydroxyl groups is 1. The lowest BCUT2D eigenvalue weighted by Gasteiger charge is -2.08. The molecule has 0 aliphatic heterocycles. The first-order chi connectivity index (χ1) is 12.5. The fraction of sp³-hybridized carbons (Fsp3) is 0.333. The summed E-state index contributed by atoms with van der Waals surface area (Å²) in [6, 6.07) is 9.46. The number of allylic oxidation sites excluding steroid dienone is 1. The van der Waals surface area contributed by atoms with Crippen molar-refractivity contribution in [3.8, 4) is 11.6 Å². The molecule has 0 spiro atoms. The molecule has 138 valence electrons. The van der Waals surface area contributed by atoms with Crippen LogP contribution in [0.15, 0.2) is 42.6 Å². The second-order valence-corrected chi connectivity index (χ2v) is 6.69. The fourth-order valence-electron chi connectivity index (χ4n) is 2.50. The van der Waals surface area contributed by atoms with Gasteiger partial charge in [0, 0.05) is 18.7 Å². The predicted molar refractivity (Wildman–Crippen MR) is 105 cm³/mol. The third kappa shape index (κ3) is 6.28. The van der Waals surface area contributed by atoms with Gasteiger partial charge in [-0.05, 0) is 41.7 Å². The van der Waals surface area contributed by atoms with Crippen LogP contribution in [-0.4, -0.2) is 22.5 Å². The van der Waals surface area contributed by atoms with E-state index in [1.807, 2.05) is 43.3 Å². The van der Waals surface area contributed by atoms with Gasteiger partial charge in [0.05, 0.1) is 5.02 Å². The molecule has 1 aromatic carbocycles. The number of ether oxygens (including phenoxy) is 1. The highest BCUT2D eigenvalue weighted by Gasteiger charge is 2.06. The number of aliphatic hydroxyl groups excluding tert-OH is 1. The number of hydrogen-bond donors (Lipinski definition) is 1. The Balaban J connectivity index is 1.98. The second kappa shape index (κ2) is 10.1. The van der Waals surface area contributed by atoms with Gasteiger partial charge in [-0.25, -0.2) is 4.98 Å². The summed E-state index contributed by atoms with van der Waals surface area (Å²) in [6.45, 7) is 3.65. The van der Waals surface area contributed by atoms with Crippen molar-refractivity contribution in [3.05, 3.63) is 58.8 Å². The summed E-state index contributed by atoms with van der Waals surface area (Å²) in [6.07, 6.45) is 7.91. The van der Waals surface area contributed by atoms with Crippen molar-refractivity contribution in [1.82, 2.24) is 4.98 Å². The quantitative estimate of drug-likeness (QED) is 0.665. The van der Waals surface area contributed by atoms with Gasteiger partial charge in [-0.1, -0.05) is 50.1 Å². The van der Waals surface area contributed by atoms with Crippen molar-refractivity contribution in [2.24, 2.45) is 5.92 Å². The van der Waals surface area contributed by atoms with Gasteiger partial charge < -0.3 is 9.84 Å². The van der Waals surface area contributed by atoms with Crippen molar-refractivity contribution in [1.29, 1.82) is 0 Å². The van der Waals surface area contributed by atoms with Gasteiger partial charge in [-0.2, -0.15) is 0 Å². The molecular weight excluding hydrogens is 350 g/mol. The SMILES string of the molecule is CCCc1ccc(Oc2ccc(/C=C/[C@H](C)CC(=O)CO)cn2)c(Cl)c1. The number of rotatable bonds is 9. The summed E-state index contributed by atoms with van der Waals surface area (Å²) in [4.78, 5) is 15.5. The molecule has 0 aliphatic carbocycles. The number of hydrogen-bond acceptors (Lipinski definition) is 4. The highest BCUT2D eigenvalue weighted by molar-refractivity contribution is 6.32. The zero-order valence-electron chi connectivity index (χ0n) is 15.1. The van der Waals surface area contributed by atoms with E-state index in [2.05, 4.69) is 11.9 Å². The largest absolute Gasteiger partial charge is 0.437 e. The Morgan fingerprint density at radius 3 is 2.77 bits per heavy atom. The van der Waals surface area contributed by atoms with E-state index >= 15 is 0 Å². The molecule has 0 fully saturated rings. The molecule has 0 amide bonds. The number of carbonyl (C=O) groups excluding carboxylic acids is 1. The van der Waals surface area contributed by atoms with Crippen LogP contribution in [0.5, 0.6) is 11.6 Å². The van der Waals surface area contributed by atoms with E-state index < -0.39 is 6.61 Å². The van der Waals surface area contributed by atoms with E-state index in [4.69, 9.17) is 21.4 Å². The van der Waals surface area contributed by atoms with Crippen molar-refractivity contribution in [2.45, 2.75) is 33.1 Å². The number of halogens is 1. The highest BCUT2D eigenvalue weighted by Crippen LogP contribution is 2.29.